The monoisotopic (exact) mass is 225 g/mol. The fourth-order valence-corrected chi connectivity index (χ4v) is 2.59. The van der Waals surface area contributed by atoms with Crippen molar-refractivity contribution in [2.24, 2.45) is 0 Å². The van der Waals surface area contributed by atoms with E-state index in [2.05, 4.69) is 19.1 Å². The van der Waals surface area contributed by atoms with E-state index in [1.165, 1.54) is 16.3 Å². The van der Waals surface area contributed by atoms with E-state index in [-0.39, 0.29) is 5.91 Å². The maximum atomic E-state index is 12.2. The SMILES string of the molecule is CCCN1Cc2c(ccc3ccccc23)C1=O. The van der Waals surface area contributed by atoms with Gasteiger partial charge in [-0.25, -0.2) is 0 Å². The minimum atomic E-state index is 0.188. The molecule has 0 spiro atoms. The van der Waals surface area contributed by atoms with Gasteiger partial charge < -0.3 is 4.90 Å². The minimum Gasteiger partial charge on any atom is -0.334 e. The second-order valence-electron chi connectivity index (χ2n) is 4.54. The third-order valence-electron chi connectivity index (χ3n) is 3.40. The van der Waals surface area contributed by atoms with Crippen molar-refractivity contribution in [2.75, 3.05) is 6.54 Å². The minimum absolute atomic E-state index is 0.188. The molecule has 1 aliphatic heterocycles. The lowest BCUT2D eigenvalue weighted by Crippen LogP contribution is -2.24. The predicted octanol–water partition coefficient (Wildman–Crippen LogP) is 3.21. The van der Waals surface area contributed by atoms with Gasteiger partial charge in [0, 0.05) is 18.7 Å². The van der Waals surface area contributed by atoms with Crippen molar-refractivity contribution in [2.45, 2.75) is 19.9 Å². The average molecular weight is 225 g/mol. The largest absolute Gasteiger partial charge is 0.334 e. The van der Waals surface area contributed by atoms with E-state index in [0.717, 1.165) is 25.1 Å². The summed E-state index contributed by atoms with van der Waals surface area (Å²) >= 11 is 0. The molecule has 0 atom stereocenters. The Bertz CT molecular complexity index is 588. The van der Waals surface area contributed by atoms with E-state index in [4.69, 9.17) is 0 Å². The van der Waals surface area contributed by atoms with Crippen molar-refractivity contribution in [3.8, 4) is 0 Å². The fourth-order valence-electron chi connectivity index (χ4n) is 2.59. The molecule has 0 saturated carbocycles. The summed E-state index contributed by atoms with van der Waals surface area (Å²) in [6.45, 7) is 3.72. The van der Waals surface area contributed by atoms with Crippen LogP contribution in [0.1, 0.15) is 29.3 Å². The van der Waals surface area contributed by atoms with Crippen LogP contribution in [-0.4, -0.2) is 17.4 Å². The van der Waals surface area contributed by atoms with Gasteiger partial charge in [-0.2, -0.15) is 0 Å². The summed E-state index contributed by atoms with van der Waals surface area (Å²) in [5.74, 6) is 0.188. The summed E-state index contributed by atoms with van der Waals surface area (Å²) in [6, 6.07) is 12.3. The third-order valence-corrected chi connectivity index (χ3v) is 3.40. The van der Waals surface area contributed by atoms with E-state index < -0.39 is 0 Å². The first-order chi connectivity index (χ1) is 8.31. The lowest BCUT2D eigenvalue weighted by atomic mass is 10.0. The molecular weight excluding hydrogens is 210 g/mol. The number of carbonyl (C=O) groups excluding carboxylic acids is 1. The van der Waals surface area contributed by atoms with Crippen LogP contribution in [-0.2, 0) is 6.54 Å². The Kier molecular flexibility index (Phi) is 2.36. The number of benzene rings is 2. The zero-order chi connectivity index (χ0) is 11.8. The number of rotatable bonds is 2. The molecule has 0 saturated heterocycles. The molecule has 0 bridgehead atoms. The van der Waals surface area contributed by atoms with Crippen LogP contribution in [0.3, 0.4) is 0 Å². The number of amides is 1. The standard InChI is InChI=1S/C15H15NO/c1-2-9-16-10-14-12-6-4-3-5-11(12)7-8-13(14)15(16)17/h3-8H,2,9-10H2,1H3. The highest BCUT2D eigenvalue weighted by molar-refractivity contribution is 6.04. The molecule has 1 aliphatic rings. The van der Waals surface area contributed by atoms with E-state index in [0.29, 0.717) is 0 Å². The average Bonchev–Trinajstić information content (AvgIpc) is 2.68. The highest BCUT2D eigenvalue weighted by Gasteiger charge is 2.27. The maximum absolute atomic E-state index is 12.2. The molecule has 2 aromatic carbocycles. The van der Waals surface area contributed by atoms with Gasteiger partial charge in [0.1, 0.15) is 0 Å². The smallest absolute Gasteiger partial charge is 0.254 e. The first-order valence-corrected chi connectivity index (χ1v) is 6.11. The van der Waals surface area contributed by atoms with Crippen LogP contribution in [0.25, 0.3) is 10.8 Å². The summed E-state index contributed by atoms with van der Waals surface area (Å²) in [6.07, 6.45) is 1.01. The molecule has 1 heterocycles. The van der Waals surface area contributed by atoms with Crippen LogP contribution < -0.4 is 0 Å². The third kappa shape index (κ3) is 1.52. The normalized spacial score (nSPS) is 14.4. The number of hydrogen-bond acceptors (Lipinski definition) is 1. The van der Waals surface area contributed by atoms with Crippen molar-refractivity contribution in [1.82, 2.24) is 4.90 Å². The molecule has 17 heavy (non-hydrogen) atoms. The van der Waals surface area contributed by atoms with Gasteiger partial charge in [0.25, 0.3) is 5.91 Å². The first kappa shape index (κ1) is 10.3. The van der Waals surface area contributed by atoms with Crippen molar-refractivity contribution in [3.05, 3.63) is 47.5 Å². The number of fused-ring (bicyclic) bond motifs is 3. The molecule has 2 nitrogen and oxygen atoms in total. The lowest BCUT2D eigenvalue weighted by molar-refractivity contribution is 0.0778. The van der Waals surface area contributed by atoms with Crippen LogP contribution in [0.4, 0.5) is 0 Å². The molecule has 0 N–H and O–H groups in total. The van der Waals surface area contributed by atoms with Crippen LogP contribution >= 0.6 is 0 Å². The van der Waals surface area contributed by atoms with Gasteiger partial charge in [0.2, 0.25) is 0 Å². The molecule has 2 aromatic rings. The second-order valence-corrected chi connectivity index (χ2v) is 4.54. The molecule has 0 aliphatic carbocycles. The number of hydrogen-bond donors (Lipinski definition) is 0. The van der Waals surface area contributed by atoms with Crippen LogP contribution in [0.15, 0.2) is 36.4 Å². The molecule has 0 aromatic heterocycles. The Balaban J connectivity index is 2.15. The second kappa shape index (κ2) is 3.88. The van der Waals surface area contributed by atoms with Crippen molar-refractivity contribution < 1.29 is 4.79 Å². The summed E-state index contributed by atoms with van der Waals surface area (Å²) in [7, 11) is 0. The zero-order valence-corrected chi connectivity index (χ0v) is 9.94. The molecule has 3 rings (SSSR count). The van der Waals surface area contributed by atoms with Crippen molar-refractivity contribution in [1.29, 1.82) is 0 Å². The van der Waals surface area contributed by atoms with Gasteiger partial charge >= 0.3 is 0 Å². The Labute approximate surface area is 101 Å². The van der Waals surface area contributed by atoms with E-state index in [9.17, 15) is 4.79 Å². The van der Waals surface area contributed by atoms with Crippen molar-refractivity contribution in [3.63, 3.8) is 0 Å². The topological polar surface area (TPSA) is 20.3 Å². The molecule has 0 unspecified atom stereocenters. The summed E-state index contributed by atoms with van der Waals surface area (Å²) in [4.78, 5) is 14.1. The van der Waals surface area contributed by atoms with E-state index >= 15 is 0 Å². The Hall–Kier alpha value is -1.83. The van der Waals surface area contributed by atoms with Gasteiger partial charge in [-0.05, 0) is 28.8 Å². The van der Waals surface area contributed by atoms with Crippen LogP contribution in [0.5, 0.6) is 0 Å². The van der Waals surface area contributed by atoms with E-state index in [1.54, 1.807) is 0 Å². The zero-order valence-electron chi connectivity index (χ0n) is 9.94. The Morgan fingerprint density at radius 2 is 2.00 bits per heavy atom. The molecular formula is C15H15NO. The Morgan fingerprint density at radius 1 is 1.18 bits per heavy atom. The molecule has 2 heteroatoms. The van der Waals surface area contributed by atoms with E-state index in [1.807, 2.05) is 29.2 Å². The lowest BCUT2D eigenvalue weighted by Gasteiger charge is -2.13. The van der Waals surface area contributed by atoms with Gasteiger partial charge in [-0.15, -0.1) is 0 Å². The van der Waals surface area contributed by atoms with Gasteiger partial charge in [0.05, 0.1) is 0 Å². The molecule has 86 valence electrons. The Morgan fingerprint density at radius 3 is 2.82 bits per heavy atom. The summed E-state index contributed by atoms with van der Waals surface area (Å²) < 4.78 is 0. The van der Waals surface area contributed by atoms with Crippen molar-refractivity contribution >= 4 is 16.7 Å². The molecule has 0 fully saturated rings. The summed E-state index contributed by atoms with van der Waals surface area (Å²) in [5.41, 5.74) is 2.08. The van der Waals surface area contributed by atoms with Crippen LogP contribution in [0, 0.1) is 0 Å². The summed E-state index contributed by atoms with van der Waals surface area (Å²) in [5, 5.41) is 2.44. The highest BCUT2D eigenvalue weighted by Crippen LogP contribution is 2.30. The number of nitrogens with zero attached hydrogens (tertiary/aromatic N) is 1. The first-order valence-electron chi connectivity index (χ1n) is 6.11. The maximum Gasteiger partial charge on any atom is 0.254 e. The predicted molar refractivity (Wildman–Crippen MR) is 69.0 cm³/mol. The highest BCUT2D eigenvalue weighted by atomic mass is 16.2. The molecule has 0 radical (unpaired) electrons. The fraction of sp³-hybridized carbons (Fsp3) is 0.267. The van der Waals surface area contributed by atoms with Gasteiger partial charge in [-0.3, -0.25) is 4.79 Å². The van der Waals surface area contributed by atoms with Gasteiger partial charge in [0.15, 0.2) is 0 Å². The van der Waals surface area contributed by atoms with Crippen LogP contribution in [0.2, 0.25) is 0 Å². The quantitative estimate of drug-likeness (QED) is 0.768. The molecule has 1 amide bonds. The van der Waals surface area contributed by atoms with Gasteiger partial charge in [-0.1, -0.05) is 37.3 Å². The number of carbonyl (C=O) groups is 1.